The van der Waals surface area contributed by atoms with Crippen molar-refractivity contribution in [3.63, 3.8) is 0 Å². The van der Waals surface area contributed by atoms with E-state index in [0.29, 0.717) is 5.92 Å². The van der Waals surface area contributed by atoms with Gasteiger partial charge in [0, 0.05) is 11.5 Å². The topological polar surface area (TPSA) is 80.7 Å². The van der Waals surface area contributed by atoms with E-state index in [1.807, 2.05) is 0 Å². The zero-order valence-corrected chi connectivity index (χ0v) is 13.3. The molecule has 2 saturated carbocycles. The third-order valence-electron chi connectivity index (χ3n) is 4.40. The maximum absolute atomic E-state index is 13.4. The second-order valence-electron chi connectivity index (χ2n) is 5.51. The van der Waals surface area contributed by atoms with Crippen molar-refractivity contribution in [1.29, 1.82) is 0 Å². The number of ether oxygens (including phenoxy) is 1. The van der Waals surface area contributed by atoms with Crippen LogP contribution in [0.1, 0.15) is 19.3 Å². The summed E-state index contributed by atoms with van der Waals surface area (Å²) in [5.74, 6) is -0.158. The van der Waals surface area contributed by atoms with E-state index in [4.69, 9.17) is 9.29 Å². The zero-order valence-electron chi connectivity index (χ0n) is 10.8. The van der Waals surface area contributed by atoms with Gasteiger partial charge in [0.25, 0.3) is 0 Å². The Hall–Kier alpha value is -0.0600. The molecular weight excluding hydrogens is 346 g/mol. The predicted molar refractivity (Wildman–Crippen MR) is 74.9 cm³/mol. The number of rotatable bonds is 3. The monoisotopic (exact) mass is 360 g/mol. The van der Waals surface area contributed by atoms with Crippen LogP contribution in [-0.2, 0) is 19.6 Å². The van der Waals surface area contributed by atoms with Crippen molar-refractivity contribution < 1.29 is 31.3 Å². The minimum absolute atomic E-state index is 0.00533. The van der Waals surface area contributed by atoms with Crippen molar-refractivity contribution in [2.45, 2.75) is 34.7 Å². The van der Waals surface area contributed by atoms with Crippen LogP contribution in [0.4, 0.5) is 8.78 Å². The number of hydrogen-bond donors (Lipinski definition) is 1. The van der Waals surface area contributed by atoms with E-state index in [1.54, 1.807) is 23.5 Å². The number of thioether (sulfide) groups is 2. The summed E-state index contributed by atoms with van der Waals surface area (Å²) >= 11 is 3.23. The Morgan fingerprint density at radius 2 is 1.90 bits per heavy atom. The van der Waals surface area contributed by atoms with Crippen LogP contribution in [0, 0.1) is 11.8 Å². The lowest BCUT2D eigenvalue weighted by molar-refractivity contribution is -0.169. The van der Waals surface area contributed by atoms with Gasteiger partial charge >= 0.3 is 21.3 Å². The molecule has 0 amide bonds. The number of carbonyl (C=O) groups is 1. The van der Waals surface area contributed by atoms with Crippen molar-refractivity contribution in [2.75, 3.05) is 11.5 Å². The Labute approximate surface area is 129 Å². The Morgan fingerprint density at radius 3 is 2.48 bits per heavy atom. The van der Waals surface area contributed by atoms with E-state index in [1.165, 1.54) is 0 Å². The summed E-state index contributed by atoms with van der Waals surface area (Å²) in [6.07, 6.45) is 1.88. The molecule has 3 atom stereocenters. The molecule has 3 aliphatic rings. The molecule has 1 N–H and O–H groups in total. The molecule has 0 aromatic heterocycles. The minimum Gasteiger partial charge on any atom is -0.454 e. The maximum Gasteiger partial charge on any atom is 0.465 e. The van der Waals surface area contributed by atoms with Gasteiger partial charge in [0.2, 0.25) is 0 Å². The highest BCUT2D eigenvalue weighted by molar-refractivity contribution is 8.21. The van der Waals surface area contributed by atoms with Crippen LogP contribution in [-0.4, -0.2) is 45.9 Å². The molecule has 1 saturated heterocycles. The lowest BCUT2D eigenvalue weighted by Crippen LogP contribution is -2.48. The van der Waals surface area contributed by atoms with Gasteiger partial charge in [0.1, 0.15) is 10.2 Å². The van der Waals surface area contributed by atoms with E-state index in [-0.39, 0.29) is 5.92 Å². The van der Waals surface area contributed by atoms with Gasteiger partial charge in [-0.25, -0.2) is 4.79 Å². The van der Waals surface area contributed by atoms with E-state index in [9.17, 15) is 22.0 Å². The Kier molecular flexibility index (Phi) is 3.74. The van der Waals surface area contributed by atoms with Crippen LogP contribution < -0.4 is 0 Å². The average Bonchev–Trinajstić information content (AvgIpc) is 3.08. The lowest BCUT2D eigenvalue weighted by Gasteiger charge is -2.38. The van der Waals surface area contributed by atoms with Crippen LogP contribution in [0.5, 0.6) is 0 Å². The summed E-state index contributed by atoms with van der Waals surface area (Å²) in [4.78, 5) is 11.6. The van der Waals surface area contributed by atoms with Crippen molar-refractivity contribution in [2.24, 2.45) is 11.8 Å². The maximum atomic E-state index is 13.4. The second-order valence-corrected chi connectivity index (χ2v) is 9.97. The molecule has 5 nitrogen and oxygen atoms in total. The summed E-state index contributed by atoms with van der Waals surface area (Å²) < 4.78 is 61.0. The van der Waals surface area contributed by atoms with E-state index >= 15 is 0 Å². The standard InChI is InChI=1S/C11H14F2O5S3/c12-11(13,21(15,16)17)9(14)18-8-6-1-2-7(5-6)10(8)19-3-4-20-10/h6-8H,1-5H2,(H,15,16,17). The number of esters is 1. The van der Waals surface area contributed by atoms with E-state index < -0.39 is 31.5 Å². The first-order chi connectivity index (χ1) is 9.68. The van der Waals surface area contributed by atoms with E-state index in [0.717, 1.165) is 30.8 Å². The first-order valence-electron chi connectivity index (χ1n) is 6.52. The Morgan fingerprint density at radius 1 is 1.29 bits per heavy atom. The summed E-state index contributed by atoms with van der Waals surface area (Å²) in [6, 6.07) is 0. The highest BCUT2D eigenvalue weighted by Gasteiger charge is 2.64. The molecular formula is C11H14F2O5S3. The molecule has 10 heteroatoms. The molecule has 1 heterocycles. The number of fused-ring (bicyclic) bond motifs is 3. The molecule has 1 aliphatic heterocycles. The molecule has 3 rings (SSSR count). The molecule has 2 bridgehead atoms. The number of carbonyl (C=O) groups excluding carboxylic acids is 1. The third kappa shape index (κ3) is 2.29. The summed E-state index contributed by atoms with van der Waals surface area (Å²) in [5.41, 5.74) is 0. The molecule has 0 aromatic rings. The molecule has 0 aromatic carbocycles. The fraction of sp³-hybridized carbons (Fsp3) is 0.909. The molecule has 0 radical (unpaired) electrons. The first-order valence-corrected chi connectivity index (χ1v) is 9.93. The summed E-state index contributed by atoms with van der Waals surface area (Å²) in [6.45, 7) is 0. The first kappa shape index (κ1) is 15.8. The van der Waals surface area contributed by atoms with Gasteiger partial charge in [-0.3, -0.25) is 4.55 Å². The van der Waals surface area contributed by atoms with Crippen LogP contribution in [0.3, 0.4) is 0 Å². The van der Waals surface area contributed by atoms with Crippen molar-refractivity contribution in [1.82, 2.24) is 0 Å². The average molecular weight is 360 g/mol. The van der Waals surface area contributed by atoms with Crippen molar-refractivity contribution in [3.8, 4) is 0 Å². The largest absolute Gasteiger partial charge is 0.465 e. The van der Waals surface area contributed by atoms with Crippen LogP contribution >= 0.6 is 23.5 Å². The van der Waals surface area contributed by atoms with Gasteiger partial charge < -0.3 is 4.74 Å². The van der Waals surface area contributed by atoms with Gasteiger partial charge in [-0.1, -0.05) is 0 Å². The van der Waals surface area contributed by atoms with Crippen LogP contribution in [0.2, 0.25) is 0 Å². The Bertz CT molecular complexity index is 558. The highest BCUT2D eigenvalue weighted by Crippen LogP contribution is 2.65. The molecule has 120 valence electrons. The zero-order chi connectivity index (χ0) is 15.5. The number of halogens is 2. The minimum atomic E-state index is -5.81. The summed E-state index contributed by atoms with van der Waals surface area (Å²) in [5, 5.41) is -4.91. The van der Waals surface area contributed by atoms with Crippen molar-refractivity contribution in [3.05, 3.63) is 0 Å². The molecule has 3 unspecified atom stereocenters. The van der Waals surface area contributed by atoms with Gasteiger partial charge in [0.05, 0.1) is 0 Å². The summed E-state index contributed by atoms with van der Waals surface area (Å²) in [7, 11) is -5.81. The third-order valence-corrected chi connectivity index (χ3v) is 9.03. The van der Waals surface area contributed by atoms with Crippen molar-refractivity contribution >= 4 is 39.6 Å². The molecule has 21 heavy (non-hydrogen) atoms. The fourth-order valence-electron chi connectivity index (χ4n) is 3.53. The SMILES string of the molecule is O=C(OC1C2CCC(C2)C12SCCS2)C(F)(F)S(=O)(=O)O. The lowest BCUT2D eigenvalue weighted by atomic mass is 9.96. The van der Waals surface area contributed by atoms with Crippen LogP contribution in [0.25, 0.3) is 0 Å². The molecule has 1 spiro atoms. The van der Waals surface area contributed by atoms with Gasteiger partial charge in [-0.05, 0) is 31.1 Å². The predicted octanol–water partition coefficient (Wildman–Crippen LogP) is 1.99. The quantitative estimate of drug-likeness (QED) is 0.609. The van der Waals surface area contributed by atoms with Gasteiger partial charge in [-0.15, -0.1) is 23.5 Å². The fourth-order valence-corrected chi connectivity index (χ4v) is 7.64. The highest BCUT2D eigenvalue weighted by atomic mass is 32.2. The second kappa shape index (κ2) is 4.97. The Balaban J connectivity index is 1.83. The smallest absolute Gasteiger partial charge is 0.454 e. The molecule has 2 aliphatic carbocycles. The van der Waals surface area contributed by atoms with Crippen LogP contribution in [0.15, 0.2) is 0 Å². The van der Waals surface area contributed by atoms with Gasteiger partial charge in [0.15, 0.2) is 0 Å². The normalized spacial score (nSPS) is 34.5. The van der Waals surface area contributed by atoms with Gasteiger partial charge in [-0.2, -0.15) is 17.2 Å². The van der Waals surface area contributed by atoms with E-state index in [2.05, 4.69) is 0 Å². The number of hydrogen-bond acceptors (Lipinski definition) is 6. The number of alkyl halides is 2. The molecule has 3 fully saturated rings.